The van der Waals surface area contributed by atoms with Crippen LogP contribution in [0, 0.1) is 11.8 Å². The van der Waals surface area contributed by atoms with Crippen molar-refractivity contribution in [1.29, 1.82) is 0 Å². The average Bonchev–Trinajstić information content (AvgIpc) is 2.56. The van der Waals surface area contributed by atoms with Crippen LogP contribution in [0.2, 0.25) is 0 Å². The fourth-order valence-corrected chi connectivity index (χ4v) is 3.13. The molecule has 0 saturated heterocycles. The van der Waals surface area contributed by atoms with Gasteiger partial charge >= 0.3 is 5.97 Å². The van der Waals surface area contributed by atoms with Gasteiger partial charge in [0.15, 0.2) is 6.10 Å². The Balaban J connectivity index is 1.62. The van der Waals surface area contributed by atoms with Gasteiger partial charge in [-0.2, -0.15) is 0 Å². The quantitative estimate of drug-likeness (QED) is 0.787. The Kier molecular flexibility index (Phi) is 4.42. The molecule has 0 aromatic heterocycles. The summed E-state index contributed by atoms with van der Waals surface area (Å²) in [5.41, 5.74) is 1.11. The Morgan fingerprint density at radius 2 is 1.88 bits per heavy atom. The molecular formula is C17H20N2O5. The highest BCUT2D eigenvalue weighted by Gasteiger charge is 2.30. The Morgan fingerprint density at radius 3 is 2.54 bits per heavy atom. The number of fused-ring (bicyclic) bond motifs is 1. The van der Waals surface area contributed by atoms with Crippen LogP contribution in [0.3, 0.4) is 0 Å². The van der Waals surface area contributed by atoms with Crippen molar-refractivity contribution >= 4 is 29.2 Å². The number of nitrogens with one attached hydrogen (secondary N) is 2. The van der Waals surface area contributed by atoms with Gasteiger partial charge in [-0.25, -0.2) is 0 Å². The Bertz CT molecular complexity index is 680. The number of benzene rings is 1. The molecule has 1 fully saturated rings. The molecular weight excluding hydrogens is 312 g/mol. The van der Waals surface area contributed by atoms with Crippen LogP contribution >= 0.6 is 0 Å². The third-order valence-corrected chi connectivity index (χ3v) is 4.63. The Labute approximate surface area is 139 Å². The van der Waals surface area contributed by atoms with Gasteiger partial charge in [0, 0.05) is 11.6 Å². The second kappa shape index (κ2) is 6.51. The zero-order valence-corrected chi connectivity index (χ0v) is 13.4. The summed E-state index contributed by atoms with van der Waals surface area (Å²) in [6.45, 7) is 1.67. The lowest BCUT2D eigenvalue weighted by Crippen LogP contribution is -2.34. The maximum Gasteiger partial charge on any atom is 0.306 e. The van der Waals surface area contributed by atoms with Crippen LogP contribution in [0.25, 0.3) is 0 Å². The molecule has 3 N–H and O–H groups in total. The summed E-state index contributed by atoms with van der Waals surface area (Å²) in [5, 5.41) is 14.6. The Hall–Kier alpha value is -2.57. The Morgan fingerprint density at radius 1 is 1.21 bits per heavy atom. The number of aliphatic carboxylic acids is 1. The molecule has 1 atom stereocenters. The van der Waals surface area contributed by atoms with Crippen molar-refractivity contribution in [3.8, 4) is 5.75 Å². The summed E-state index contributed by atoms with van der Waals surface area (Å²) in [4.78, 5) is 35.0. The van der Waals surface area contributed by atoms with E-state index in [0.717, 1.165) is 0 Å². The lowest BCUT2D eigenvalue weighted by atomic mass is 9.81. The molecule has 0 bridgehead atoms. The first-order valence-electron chi connectivity index (χ1n) is 8.09. The average molecular weight is 332 g/mol. The van der Waals surface area contributed by atoms with Gasteiger partial charge in [-0.1, -0.05) is 0 Å². The molecule has 7 nitrogen and oxygen atoms in total. The number of ether oxygens (including phenoxy) is 1. The van der Waals surface area contributed by atoms with E-state index >= 15 is 0 Å². The molecule has 2 aliphatic rings. The first kappa shape index (κ1) is 16.3. The highest BCUT2D eigenvalue weighted by molar-refractivity contribution is 5.99. The van der Waals surface area contributed by atoms with Gasteiger partial charge in [0.05, 0.1) is 11.6 Å². The van der Waals surface area contributed by atoms with E-state index < -0.39 is 12.1 Å². The van der Waals surface area contributed by atoms with Gasteiger partial charge in [0.2, 0.25) is 5.91 Å². The lowest BCUT2D eigenvalue weighted by Gasteiger charge is -2.26. The van der Waals surface area contributed by atoms with Gasteiger partial charge in [-0.05, 0) is 50.8 Å². The maximum absolute atomic E-state index is 12.4. The minimum atomic E-state index is -0.784. The van der Waals surface area contributed by atoms with Crippen molar-refractivity contribution in [3.63, 3.8) is 0 Å². The summed E-state index contributed by atoms with van der Waals surface area (Å²) >= 11 is 0. The number of carboxylic acid groups (broad SMARTS) is 1. The lowest BCUT2D eigenvalue weighted by molar-refractivity contribution is -0.143. The van der Waals surface area contributed by atoms with Crippen LogP contribution in [0.1, 0.15) is 32.6 Å². The highest BCUT2D eigenvalue weighted by atomic mass is 16.5. The highest BCUT2D eigenvalue weighted by Crippen LogP contribution is 2.33. The standard InChI is InChI=1S/C17H20N2O5/c1-9-15(20)19-13-8-12(6-7-14(13)24-9)18-16(21)10-2-4-11(5-3-10)17(22)23/h6-11H,2-5H2,1H3,(H,18,21)(H,19,20)(H,22,23). The molecule has 1 saturated carbocycles. The van der Waals surface area contributed by atoms with Gasteiger partial charge in [0.25, 0.3) is 5.91 Å². The van der Waals surface area contributed by atoms with Crippen LogP contribution < -0.4 is 15.4 Å². The van der Waals surface area contributed by atoms with Crippen LogP contribution in [-0.2, 0) is 14.4 Å². The van der Waals surface area contributed by atoms with Gasteiger partial charge in [-0.15, -0.1) is 0 Å². The number of anilines is 2. The predicted octanol–water partition coefficient (Wildman–Crippen LogP) is 2.24. The summed E-state index contributed by atoms with van der Waals surface area (Å²) in [5.74, 6) is -1.07. The van der Waals surface area contributed by atoms with Crippen molar-refractivity contribution in [2.24, 2.45) is 11.8 Å². The number of carbonyl (C=O) groups is 3. The van der Waals surface area contributed by atoms with Crippen LogP contribution in [0.4, 0.5) is 11.4 Å². The van der Waals surface area contributed by atoms with Crippen molar-refractivity contribution in [2.75, 3.05) is 10.6 Å². The van der Waals surface area contributed by atoms with Gasteiger partial charge in [-0.3, -0.25) is 14.4 Å². The van der Waals surface area contributed by atoms with Crippen molar-refractivity contribution < 1.29 is 24.2 Å². The number of hydrogen-bond acceptors (Lipinski definition) is 4. The zero-order chi connectivity index (χ0) is 17.3. The van der Waals surface area contributed by atoms with Crippen LogP contribution in [-0.4, -0.2) is 29.0 Å². The molecule has 24 heavy (non-hydrogen) atoms. The SMILES string of the molecule is CC1Oc2ccc(NC(=O)C3CCC(C(=O)O)CC3)cc2NC1=O. The molecule has 0 spiro atoms. The topological polar surface area (TPSA) is 105 Å². The number of rotatable bonds is 3. The number of amides is 2. The molecule has 1 aliphatic carbocycles. The van der Waals surface area contributed by atoms with E-state index in [1.807, 2.05) is 0 Å². The fraction of sp³-hybridized carbons (Fsp3) is 0.471. The normalized spacial score (nSPS) is 25.9. The summed E-state index contributed by atoms with van der Waals surface area (Å²) in [7, 11) is 0. The van der Waals surface area contributed by atoms with Crippen molar-refractivity contribution in [1.82, 2.24) is 0 Å². The van der Waals surface area contributed by atoms with E-state index in [1.165, 1.54) is 0 Å². The molecule has 1 aliphatic heterocycles. The van der Waals surface area contributed by atoms with E-state index in [9.17, 15) is 14.4 Å². The van der Waals surface area contributed by atoms with Crippen LogP contribution in [0.15, 0.2) is 18.2 Å². The van der Waals surface area contributed by atoms with Crippen molar-refractivity contribution in [3.05, 3.63) is 18.2 Å². The molecule has 128 valence electrons. The minimum absolute atomic E-state index is 0.116. The largest absolute Gasteiger partial charge is 0.481 e. The fourth-order valence-electron chi connectivity index (χ4n) is 3.13. The second-order valence-electron chi connectivity index (χ2n) is 6.34. The molecule has 1 unspecified atom stereocenters. The third-order valence-electron chi connectivity index (χ3n) is 4.63. The molecule has 3 rings (SSSR count). The summed E-state index contributed by atoms with van der Waals surface area (Å²) in [6, 6.07) is 5.10. The number of hydrogen-bond donors (Lipinski definition) is 3. The summed E-state index contributed by atoms with van der Waals surface area (Å²) in [6.07, 6.45) is 1.66. The molecule has 1 aromatic rings. The molecule has 1 heterocycles. The smallest absolute Gasteiger partial charge is 0.306 e. The number of carboxylic acids is 1. The minimum Gasteiger partial charge on any atom is -0.481 e. The second-order valence-corrected chi connectivity index (χ2v) is 6.34. The first-order valence-corrected chi connectivity index (χ1v) is 8.09. The molecule has 2 amide bonds. The zero-order valence-electron chi connectivity index (χ0n) is 13.4. The monoisotopic (exact) mass is 332 g/mol. The van der Waals surface area contributed by atoms with E-state index in [4.69, 9.17) is 9.84 Å². The first-order chi connectivity index (χ1) is 11.4. The maximum atomic E-state index is 12.4. The summed E-state index contributed by atoms with van der Waals surface area (Å²) < 4.78 is 5.47. The third kappa shape index (κ3) is 3.34. The van der Waals surface area contributed by atoms with Crippen LogP contribution in [0.5, 0.6) is 5.75 Å². The predicted molar refractivity (Wildman–Crippen MR) is 86.9 cm³/mol. The van der Waals surface area contributed by atoms with E-state index in [2.05, 4.69) is 10.6 Å². The van der Waals surface area contributed by atoms with E-state index in [1.54, 1.807) is 25.1 Å². The van der Waals surface area contributed by atoms with Gasteiger partial charge in [0.1, 0.15) is 5.75 Å². The molecule has 0 radical (unpaired) electrons. The van der Waals surface area contributed by atoms with Gasteiger partial charge < -0.3 is 20.5 Å². The number of carbonyl (C=O) groups excluding carboxylic acids is 2. The van der Waals surface area contributed by atoms with E-state index in [0.29, 0.717) is 42.8 Å². The van der Waals surface area contributed by atoms with Crippen molar-refractivity contribution in [2.45, 2.75) is 38.7 Å². The van der Waals surface area contributed by atoms with E-state index in [-0.39, 0.29) is 23.7 Å². The molecule has 7 heteroatoms. The molecule has 1 aromatic carbocycles.